The molecule has 1 aromatic heterocycles. The molecule has 0 N–H and O–H groups in total. The Labute approximate surface area is 163 Å². The average molecular weight is 375 g/mol. The normalized spacial score (nSPS) is 18.6. The van der Waals surface area contributed by atoms with Crippen molar-refractivity contribution in [3.63, 3.8) is 0 Å². The predicted octanol–water partition coefficient (Wildman–Crippen LogP) is 4.52. The number of hydrogen-bond donors (Lipinski definition) is 0. The standard InChI is InChI=1S/C22H21N3OS/c1-24-13-16(19-5-3-4-6-20(19)24)11-17-12-23-22-25(17)21(14-27-22)15-7-9-18(26-2)10-8-15/h3-10,13-14,17H,11-12H2,1-2H3/t17-/m1/s1. The molecular weight excluding hydrogens is 354 g/mol. The van der Waals surface area contributed by atoms with Crippen LogP contribution in [0.3, 0.4) is 0 Å². The largest absolute Gasteiger partial charge is 0.497 e. The molecule has 0 spiro atoms. The molecule has 1 atom stereocenters. The van der Waals surface area contributed by atoms with Crippen LogP contribution in [0.15, 0.2) is 65.1 Å². The first kappa shape index (κ1) is 16.5. The Kier molecular flexibility index (Phi) is 3.97. The Morgan fingerprint density at radius 2 is 1.96 bits per heavy atom. The van der Waals surface area contributed by atoms with Gasteiger partial charge in [-0.3, -0.25) is 4.99 Å². The molecule has 2 aromatic carbocycles. The van der Waals surface area contributed by atoms with Gasteiger partial charge < -0.3 is 14.2 Å². The number of aromatic nitrogens is 1. The lowest BCUT2D eigenvalue weighted by atomic mass is 10.0. The average Bonchev–Trinajstić information content (AvgIpc) is 3.38. The van der Waals surface area contributed by atoms with Crippen molar-refractivity contribution in [3.8, 4) is 5.75 Å². The molecule has 0 radical (unpaired) electrons. The Morgan fingerprint density at radius 1 is 1.15 bits per heavy atom. The smallest absolute Gasteiger partial charge is 0.168 e. The van der Waals surface area contributed by atoms with Crippen LogP contribution in [0.4, 0.5) is 0 Å². The topological polar surface area (TPSA) is 29.8 Å². The SMILES string of the molecule is COc1ccc(C2=CSC3=NC[C@@H](Cc4cn(C)c5ccccc45)N23)cc1. The lowest BCUT2D eigenvalue weighted by Crippen LogP contribution is -2.33. The van der Waals surface area contributed by atoms with Crippen LogP contribution in [-0.4, -0.2) is 34.3 Å². The summed E-state index contributed by atoms with van der Waals surface area (Å²) < 4.78 is 7.52. The van der Waals surface area contributed by atoms with E-state index in [0.717, 1.165) is 23.9 Å². The molecule has 136 valence electrons. The van der Waals surface area contributed by atoms with Gasteiger partial charge in [0.1, 0.15) is 5.75 Å². The van der Waals surface area contributed by atoms with E-state index in [-0.39, 0.29) is 0 Å². The predicted molar refractivity (Wildman–Crippen MR) is 113 cm³/mol. The quantitative estimate of drug-likeness (QED) is 0.672. The first-order chi connectivity index (χ1) is 13.2. The third kappa shape index (κ3) is 2.73. The van der Waals surface area contributed by atoms with E-state index in [9.17, 15) is 0 Å². The maximum Gasteiger partial charge on any atom is 0.168 e. The number of nitrogens with zero attached hydrogens (tertiary/aromatic N) is 3. The minimum absolute atomic E-state index is 0.356. The van der Waals surface area contributed by atoms with E-state index in [4.69, 9.17) is 9.73 Å². The number of hydrogen-bond acceptors (Lipinski definition) is 4. The Hall–Kier alpha value is -2.66. The Balaban J connectivity index is 1.45. The third-order valence-electron chi connectivity index (χ3n) is 5.36. The molecule has 3 aromatic rings. The summed E-state index contributed by atoms with van der Waals surface area (Å²) in [5.41, 5.74) is 5.12. The van der Waals surface area contributed by atoms with Gasteiger partial charge in [-0.25, -0.2) is 0 Å². The van der Waals surface area contributed by atoms with Gasteiger partial charge in [-0.1, -0.05) is 30.0 Å². The van der Waals surface area contributed by atoms with Crippen molar-refractivity contribution in [2.75, 3.05) is 13.7 Å². The molecule has 0 unspecified atom stereocenters. The summed E-state index contributed by atoms with van der Waals surface area (Å²) in [6.45, 7) is 0.846. The molecule has 5 rings (SSSR count). The number of thioether (sulfide) groups is 1. The highest BCUT2D eigenvalue weighted by Gasteiger charge is 2.35. The number of benzene rings is 2. The Morgan fingerprint density at radius 3 is 2.78 bits per heavy atom. The summed E-state index contributed by atoms with van der Waals surface area (Å²) in [7, 11) is 3.82. The zero-order valence-corrected chi connectivity index (χ0v) is 16.2. The molecule has 0 saturated heterocycles. The first-order valence-electron chi connectivity index (χ1n) is 9.12. The third-order valence-corrected chi connectivity index (χ3v) is 6.24. The van der Waals surface area contributed by atoms with Crippen molar-refractivity contribution in [1.29, 1.82) is 0 Å². The second-order valence-electron chi connectivity index (χ2n) is 6.98. The zero-order valence-electron chi connectivity index (χ0n) is 15.4. The van der Waals surface area contributed by atoms with Crippen molar-refractivity contribution >= 4 is 33.5 Å². The molecule has 2 aliphatic rings. The minimum Gasteiger partial charge on any atom is -0.497 e. The van der Waals surface area contributed by atoms with E-state index < -0.39 is 0 Å². The van der Waals surface area contributed by atoms with E-state index in [1.165, 1.54) is 27.7 Å². The molecule has 27 heavy (non-hydrogen) atoms. The van der Waals surface area contributed by atoms with Crippen LogP contribution in [0, 0.1) is 0 Å². The summed E-state index contributed by atoms with van der Waals surface area (Å²) in [6.07, 6.45) is 3.26. The zero-order chi connectivity index (χ0) is 18.4. The fraction of sp³-hybridized carbons (Fsp3) is 0.227. The molecule has 3 heterocycles. The molecule has 0 bridgehead atoms. The van der Waals surface area contributed by atoms with Crippen LogP contribution >= 0.6 is 11.8 Å². The maximum absolute atomic E-state index is 5.30. The number of aryl methyl sites for hydroxylation is 1. The van der Waals surface area contributed by atoms with Gasteiger partial charge in [-0.2, -0.15) is 0 Å². The highest BCUT2D eigenvalue weighted by molar-refractivity contribution is 8.16. The first-order valence-corrected chi connectivity index (χ1v) is 10.0. The molecule has 5 heteroatoms. The second kappa shape index (κ2) is 6.50. The number of ether oxygens (including phenoxy) is 1. The lowest BCUT2D eigenvalue weighted by molar-refractivity contribution is 0.414. The van der Waals surface area contributed by atoms with E-state index in [1.807, 2.05) is 12.1 Å². The summed E-state index contributed by atoms with van der Waals surface area (Å²) in [4.78, 5) is 7.20. The molecule has 0 fully saturated rings. The van der Waals surface area contributed by atoms with Gasteiger partial charge in [-0.15, -0.1) is 0 Å². The monoisotopic (exact) mass is 375 g/mol. The minimum atomic E-state index is 0.356. The van der Waals surface area contributed by atoms with Crippen molar-refractivity contribution in [2.45, 2.75) is 12.5 Å². The van der Waals surface area contributed by atoms with Gasteiger partial charge in [-0.05, 0) is 47.9 Å². The maximum atomic E-state index is 5.30. The molecule has 2 aliphatic heterocycles. The molecule has 0 saturated carbocycles. The van der Waals surface area contributed by atoms with Crippen LogP contribution in [0.5, 0.6) is 5.75 Å². The number of rotatable bonds is 4. The summed E-state index contributed by atoms with van der Waals surface area (Å²) in [5, 5.41) is 4.68. The van der Waals surface area contributed by atoms with Crippen LogP contribution < -0.4 is 4.74 Å². The van der Waals surface area contributed by atoms with Gasteiger partial charge in [0.15, 0.2) is 5.17 Å². The van der Waals surface area contributed by atoms with Gasteiger partial charge in [0.05, 0.1) is 25.4 Å². The van der Waals surface area contributed by atoms with Crippen LogP contribution in [0.1, 0.15) is 11.1 Å². The fourth-order valence-electron chi connectivity index (χ4n) is 4.02. The van der Waals surface area contributed by atoms with Crippen molar-refractivity contribution < 1.29 is 4.74 Å². The van der Waals surface area contributed by atoms with Gasteiger partial charge in [0.2, 0.25) is 0 Å². The lowest BCUT2D eigenvalue weighted by Gasteiger charge is -2.26. The van der Waals surface area contributed by atoms with Crippen LogP contribution in [0.25, 0.3) is 16.6 Å². The van der Waals surface area contributed by atoms with E-state index >= 15 is 0 Å². The number of fused-ring (bicyclic) bond motifs is 2. The highest BCUT2D eigenvalue weighted by Crippen LogP contribution is 2.39. The van der Waals surface area contributed by atoms with Gasteiger partial charge in [0.25, 0.3) is 0 Å². The molecular formula is C22H21N3OS. The molecule has 0 aliphatic carbocycles. The van der Waals surface area contributed by atoms with Crippen LogP contribution in [-0.2, 0) is 13.5 Å². The fourth-order valence-corrected chi connectivity index (χ4v) is 5.00. The van der Waals surface area contributed by atoms with E-state index in [0.29, 0.717) is 6.04 Å². The number of amidine groups is 1. The second-order valence-corrected chi connectivity index (χ2v) is 7.82. The summed E-state index contributed by atoms with van der Waals surface area (Å²) in [5.74, 6) is 0.882. The van der Waals surface area contributed by atoms with Crippen LogP contribution in [0.2, 0.25) is 0 Å². The summed E-state index contributed by atoms with van der Waals surface area (Å²) >= 11 is 1.73. The van der Waals surface area contributed by atoms with Crippen molar-refractivity contribution in [2.24, 2.45) is 12.0 Å². The van der Waals surface area contributed by atoms with Gasteiger partial charge in [0, 0.05) is 29.6 Å². The van der Waals surface area contributed by atoms with E-state index in [2.05, 4.69) is 64.5 Å². The van der Waals surface area contributed by atoms with E-state index in [1.54, 1.807) is 18.9 Å². The number of para-hydroxylation sites is 1. The Bertz CT molecular complexity index is 1060. The number of methoxy groups -OCH3 is 1. The molecule has 4 nitrogen and oxygen atoms in total. The van der Waals surface area contributed by atoms with Crippen molar-refractivity contribution in [3.05, 3.63) is 71.3 Å². The van der Waals surface area contributed by atoms with Gasteiger partial charge >= 0.3 is 0 Å². The highest BCUT2D eigenvalue weighted by atomic mass is 32.2. The summed E-state index contributed by atoms with van der Waals surface area (Å²) in [6, 6.07) is 17.3. The molecule has 0 amide bonds. The number of aliphatic imine (C=N–C) groups is 1. The van der Waals surface area contributed by atoms with Crippen molar-refractivity contribution in [1.82, 2.24) is 9.47 Å².